The van der Waals surface area contributed by atoms with E-state index in [-0.39, 0.29) is 28.8 Å². The average Bonchev–Trinajstić information content (AvgIpc) is 3.07. The van der Waals surface area contributed by atoms with Gasteiger partial charge in [0.05, 0.1) is 17.1 Å². The number of hydrogen-bond acceptors (Lipinski definition) is 5. The van der Waals surface area contributed by atoms with Crippen molar-refractivity contribution in [2.45, 2.75) is 35.8 Å². The van der Waals surface area contributed by atoms with Gasteiger partial charge in [-0.15, -0.1) is 0 Å². The number of anilines is 1. The van der Waals surface area contributed by atoms with Gasteiger partial charge in [0.15, 0.2) is 5.60 Å². The molecule has 2 aliphatic heterocycles. The number of carbonyl (C=O) groups is 2. The first-order valence-corrected chi connectivity index (χ1v) is 12.9. The normalized spacial score (nSPS) is 22.1. The highest BCUT2D eigenvalue weighted by molar-refractivity contribution is 7.89. The van der Waals surface area contributed by atoms with Crippen molar-refractivity contribution < 1.29 is 23.1 Å². The fraction of sp³-hybridized carbons (Fsp3) is 0.231. The molecule has 0 saturated carbocycles. The Hall–Kier alpha value is -3.53. The minimum atomic E-state index is -3.90. The van der Waals surface area contributed by atoms with Gasteiger partial charge in [-0.25, -0.2) is 13.6 Å². The molecule has 2 amide bonds. The maximum absolute atomic E-state index is 13.6. The van der Waals surface area contributed by atoms with Crippen molar-refractivity contribution in [2.75, 3.05) is 11.4 Å². The Morgan fingerprint density at radius 3 is 2.34 bits per heavy atom. The van der Waals surface area contributed by atoms with Gasteiger partial charge in [-0.2, -0.15) is 0 Å². The number of sulfonamides is 1. The van der Waals surface area contributed by atoms with Gasteiger partial charge in [0.25, 0.3) is 5.91 Å². The van der Waals surface area contributed by atoms with Crippen molar-refractivity contribution >= 4 is 27.5 Å². The number of carbonyl (C=O) groups excluding carboxylic acids is 2. The number of nitrogens with one attached hydrogen (secondary N) is 1. The molecule has 5 rings (SSSR count). The first-order valence-electron chi connectivity index (χ1n) is 11.3. The number of para-hydroxylation sites is 1. The van der Waals surface area contributed by atoms with E-state index in [1.54, 1.807) is 24.3 Å². The summed E-state index contributed by atoms with van der Waals surface area (Å²) in [5.41, 5.74) is 1.29. The van der Waals surface area contributed by atoms with Crippen LogP contribution in [0.3, 0.4) is 0 Å². The highest BCUT2D eigenvalue weighted by Gasteiger charge is 2.50. The summed E-state index contributed by atoms with van der Waals surface area (Å²) in [6.07, 6.45) is 1.36. The van der Waals surface area contributed by atoms with Crippen molar-refractivity contribution in [3.63, 3.8) is 0 Å². The van der Waals surface area contributed by atoms with Crippen LogP contribution in [0.4, 0.5) is 5.69 Å². The topological polar surface area (TPSA) is 130 Å². The summed E-state index contributed by atoms with van der Waals surface area (Å²) in [7, 11) is -3.90. The molecule has 9 heteroatoms. The standard InChI is InChI=1S/C26H25N3O5S/c27-35(33,34)21-11-9-20(10-12-21)26(32)22-3-1-2-4-23(22)29(25(26)31)16-17-5-7-18(8-6-17)19-13-14-28-24(30)15-19/h1-12,19,32H,13-16H2,(H,28,30)(H2,27,33,34). The Bertz CT molecular complexity index is 1400. The zero-order chi connectivity index (χ0) is 24.8. The summed E-state index contributed by atoms with van der Waals surface area (Å²) in [6.45, 7) is 0.917. The second kappa shape index (κ2) is 8.60. The summed E-state index contributed by atoms with van der Waals surface area (Å²) in [5, 5.41) is 19.7. The Kier molecular flexibility index (Phi) is 5.71. The van der Waals surface area contributed by atoms with E-state index in [9.17, 15) is 23.1 Å². The van der Waals surface area contributed by atoms with Gasteiger partial charge in [-0.1, -0.05) is 54.6 Å². The number of rotatable bonds is 5. The molecule has 3 aromatic rings. The number of aliphatic hydroxyl groups is 1. The molecule has 0 aliphatic carbocycles. The second-order valence-corrected chi connectivity index (χ2v) is 10.5. The van der Waals surface area contributed by atoms with Gasteiger partial charge in [-0.05, 0) is 47.2 Å². The Labute approximate surface area is 203 Å². The summed E-state index contributed by atoms with van der Waals surface area (Å²) < 4.78 is 23.2. The van der Waals surface area contributed by atoms with E-state index >= 15 is 0 Å². The van der Waals surface area contributed by atoms with Crippen LogP contribution in [0.1, 0.15) is 41.0 Å². The van der Waals surface area contributed by atoms with Crippen LogP contribution in [0.5, 0.6) is 0 Å². The Morgan fingerprint density at radius 1 is 1.00 bits per heavy atom. The predicted octanol–water partition coefficient (Wildman–Crippen LogP) is 2.11. The molecule has 35 heavy (non-hydrogen) atoms. The van der Waals surface area contributed by atoms with E-state index < -0.39 is 21.5 Å². The van der Waals surface area contributed by atoms with Gasteiger partial charge >= 0.3 is 0 Å². The van der Waals surface area contributed by atoms with E-state index in [1.165, 1.54) is 29.2 Å². The number of hydrogen-bond donors (Lipinski definition) is 3. The SMILES string of the molecule is NS(=O)(=O)c1ccc(C2(O)C(=O)N(Cc3ccc(C4CCNC(=O)C4)cc3)c3ccccc32)cc1. The van der Waals surface area contributed by atoms with Crippen molar-refractivity contribution in [1.82, 2.24) is 5.32 Å². The first-order chi connectivity index (χ1) is 16.7. The second-order valence-electron chi connectivity index (χ2n) is 8.97. The zero-order valence-corrected chi connectivity index (χ0v) is 19.7. The molecule has 1 fully saturated rings. The average molecular weight is 492 g/mol. The summed E-state index contributed by atoms with van der Waals surface area (Å²) in [5.74, 6) is -0.284. The number of nitrogens with two attached hydrogens (primary N) is 1. The smallest absolute Gasteiger partial charge is 0.268 e. The summed E-state index contributed by atoms with van der Waals surface area (Å²) in [6, 6.07) is 20.3. The zero-order valence-electron chi connectivity index (χ0n) is 18.8. The molecular weight excluding hydrogens is 466 g/mol. The summed E-state index contributed by atoms with van der Waals surface area (Å²) >= 11 is 0. The van der Waals surface area contributed by atoms with E-state index in [0.29, 0.717) is 24.2 Å². The molecule has 2 heterocycles. The van der Waals surface area contributed by atoms with Gasteiger partial charge in [0.1, 0.15) is 0 Å². The van der Waals surface area contributed by atoms with Gasteiger partial charge in [-0.3, -0.25) is 9.59 Å². The van der Waals surface area contributed by atoms with Gasteiger partial charge in [0.2, 0.25) is 15.9 Å². The van der Waals surface area contributed by atoms with Crippen LogP contribution in [0.15, 0.2) is 77.7 Å². The molecule has 8 nitrogen and oxygen atoms in total. The molecule has 2 unspecified atom stereocenters. The van der Waals surface area contributed by atoms with Gasteiger partial charge in [0, 0.05) is 18.5 Å². The fourth-order valence-electron chi connectivity index (χ4n) is 4.90. The van der Waals surface area contributed by atoms with Crippen molar-refractivity contribution in [3.05, 3.63) is 95.1 Å². The number of primary sulfonamides is 1. The van der Waals surface area contributed by atoms with Crippen molar-refractivity contribution in [3.8, 4) is 0 Å². The predicted molar refractivity (Wildman–Crippen MR) is 130 cm³/mol. The maximum atomic E-state index is 13.6. The molecule has 2 atom stereocenters. The van der Waals surface area contributed by atoms with Crippen LogP contribution in [0.25, 0.3) is 0 Å². The maximum Gasteiger partial charge on any atom is 0.268 e. The molecule has 4 N–H and O–H groups in total. The lowest BCUT2D eigenvalue weighted by Gasteiger charge is -2.24. The Balaban J connectivity index is 1.44. The molecule has 0 spiro atoms. The Morgan fingerprint density at radius 2 is 1.69 bits per heavy atom. The van der Waals surface area contributed by atoms with Crippen LogP contribution in [-0.4, -0.2) is 31.9 Å². The summed E-state index contributed by atoms with van der Waals surface area (Å²) in [4.78, 5) is 26.8. The van der Waals surface area contributed by atoms with Crippen molar-refractivity contribution in [1.29, 1.82) is 0 Å². The lowest BCUT2D eigenvalue weighted by Crippen LogP contribution is -2.40. The van der Waals surface area contributed by atoms with E-state index in [4.69, 9.17) is 5.14 Å². The molecule has 3 aromatic carbocycles. The van der Waals surface area contributed by atoms with Gasteiger partial charge < -0.3 is 15.3 Å². The van der Waals surface area contributed by atoms with Crippen LogP contribution in [0.2, 0.25) is 0 Å². The van der Waals surface area contributed by atoms with Crippen LogP contribution in [-0.2, 0) is 31.8 Å². The molecule has 2 aliphatic rings. The van der Waals surface area contributed by atoms with Crippen LogP contribution >= 0.6 is 0 Å². The van der Waals surface area contributed by atoms with Crippen LogP contribution < -0.4 is 15.4 Å². The number of amides is 2. The lowest BCUT2D eigenvalue weighted by molar-refractivity contribution is -0.132. The first kappa shape index (κ1) is 23.2. The van der Waals surface area contributed by atoms with E-state index in [0.717, 1.165) is 17.5 Å². The highest BCUT2D eigenvalue weighted by atomic mass is 32.2. The molecule has 180 valence electrons. The molecular formula is C26H25N3O5S. The fourth-order valence-corrected chi connectivity index (χ4v) is 5.42. The van der Waals surface area contributed by atoms with E-state index in [2.05, 4.69) is 5.32 Å². The quantitative estimate of drug-likeness (QED) is 0.503. The van der Waals surface area contributed by atoms with E-state index in [1.807, 2.05) is 24.3 Å². The minimum absolute atomic E-state index is 0.0565. The molecule has 0 aromatic heterocycles. The molecule has 0 radical (unpaired) electrons. The number of benzene rings is 3. The molecule has 1 saturated heterocycles. The third-order valence-electron chi connectivity index (χ3n) is 6.78. The van der Waals surface area contributed by atoms with Crippen LogP contribution in [0, 0.1) is 0 Å². The number of piperidine rings is 1. The molecule has 0 bridgehead atoms. The van der Waals surface area contributed by atoms with Crippen molar-refractivity contribution in [2.24, 2.45) is 5.14 Å². The third kappa shape index (κ3) is 4.12. The lowest BCUT2D eigenvalue weighted by atomic mass is 9.87. The largest absolute Gasteiger partial charge is 0.372 e. The monoisotopic (exact) mass is 491 g/mol. The number of nitrogens with zero attached hydrogens (tertiary/aromatic N) is 1. The third-order valence-corrected chi connectivity index (χ3v) is 7.71. The highest BCUT2D eigenvalue weighted by Crippen LogP contribution is 2.45. The minimum Gasteiger partial charge on any atom is -0.372 e. The number of fused-ring (bicyclic) bond motifs is 1.